The molecular weight excluding hydrogens is 333 g/mol. The van der Waals surface area contributed by atoms with Crippen LogP contribution in [0.3, 0.4) is 0 Å². The summed E-state index contributed by atoms with van der Waals surface area (Å²) in [6.45, 7) is 0. The van der Waals surface area contributed by atoms with E-state index in [4.69, 9.17) is 0 Å². The molecule has 1 aromatic rings. The van der Waals surface area contributed by atoms with Gasteiger partial charge in [-0.15, -0.1) is 0 Å². The summed E-state index contributed by atoms with van der Waals surface area (Å²) < 4.78 is 94.0. The molecule has 1 N–H and O–H groups in total. The highest BCUT2D eigenvalue weighted by atomic mass is 19.4. The van der Waals surface area contributed by atoms with Crippen molar-refractivity contribution >= 4 is 0 Å². The number of nitrogens with zero attached hydrogens (tertiary/aromatic N) is 2. The Morgan fingerprint density at radius 3 is 2.26 bits per heavy atom. The Kier molecular flexibility index (Phi) is 3.85. The van der Waals surface area contributed by atoms with Crippen LogP contribution >= 0.6 is 0 Å². The highest BCUT2D eigenvalue weighted by molar-refractivity contribution is 5.39. The molecule has 3 rings (SSSR count). The third-order valence-corrected chi connectivity index (χ3v) is 4.40. The molecule has 23 heavy (non-hydrogen) atoms. The minimum atomic E-state index is -5.02. The predicted octanol–water partition coefficient (Wildman–Crippen LogP) is 3.70. The van der Waals surface area contributed by atoms with Crippen molar-refractivity contribution in [2.75, 3.05) is 0 Å². The molecule has 0 bridgehead atoms. The molecule has 6 atom stereocenters. The summed E-state index contributed by atoms with van der Waals surface area (Å²) in [5.41, 5.74) is -3.26. The SMILES string of the molecule is O[C@H]1c2c(C(F)(F)F)nn([C@H]3CC[C@H](F)[C@H](F)C3)c2[C@@H](F)[C@H]1F. The number of rotatable bonds is 1. The van der Waals surface area contributed by atoms with Gasteiger partial charge < -0.3 is 5.11 Å². The monoisotopic (exact) mass is 346 g/mol. The molecule has 2 aliphatic rings. The van der Waals surface area contributed by atoms with Crippen molar-refractivity contribution in [2.24, 2.45) is 0 Å². The number of fused-ring (bicyclic) bond motifs is 1. The summed E-state index contributed by atoms with van der Waals surface area (Å²) in [5, 5.41) is 12.8. The molecule has 0 aliphatic heterocycles. The molecule has 0 amide bonds. The van der Waals surface area contributed by atoms with E-state index in [1.165, 1.54) is 0 Å². The molecule has 10 heteroatoms. The second-order valence-electron chi connectivity index (χ2n) is 5.88. The number of hydrogen-bond donors (Lipinski definition) is 1. The van der Waals surface area contributed by atoms with Gasteiger partial charge in [0.15, 0.2) is 18.0 Å². The molecule has 1 aromatic heterocycles. The zero-order chi connectivity index (χ0) is 17.1. The van der Waals surface area contributed by atoms with Crippen molar-refractivity contribution in [3.05, 3.63) is 17.0 Å². The van der Waals surface area contributed by atoms with Crippen LogP contribution in [-0.2, 0) is 6.18 Å². The molecule has 1 heterocycles. The van der Waals surface area contributed by atoms with Gasteiger partial charge in [-0.25, -0.2) is 17.6 Å². The van der Waals surface area contributed by atoms with Gasteiger partial charge in [-0.1, -0.05) is 0 Å². The fourth-order valence-electron chi connectivity index (χ4n) is 3.26. The van der Waals surface area contributed by atoms with E-state index in [1.54, 1.807) is 0 Å². The Bertz CT molecular complexity index is 602. The van der Waals surface area contributed by atoms with Crippen LogP contribution in [-0.4, -0.2) is 33.4 Å². The molecule has 3 nitrogen and oxygen atoms in total. The van der Waals surface area contributed by atoms with Gasteiger partial charge in [-0.2, -0.15) is 18.3 Å². The molecule has 1 fully saturated rings. The fraction of sp³-hybridized carbons (Fsp3) is 0.769. The largest absolute Gasteiger partial charge is 0.435 e. The fourth-order valence-corrected chi connectivity index (χ4v) is 3.26. The first-order valence-electron chi connectivity index (χ1n) is 7.06. The van der Waals surface area contributed by atoms with E-state index in [9.17, 15) is 35.8 Å². The number of halogens is 7. The van der Waals surface area contributed by atoms with Crippen molar-refractivity contribution in [1.82, 2.24) is 9.78 Å². The second kappa shape index (κ2) is 5.35. The van der Waals surface area contributed by atoms with Gasteiger partial charge in [-0.05, 0) is 12.8 Å². The van der Waals surface area contributed by atoms with E-state index >= 15 is 0 Å². The minimum Gasteiger partial charge on any atom is -0.385 e. The van der Waals surface area contributed by atoms with Crippen LogP contribution in [0.5, 0.6) is 0 Å². The second-order valence-corrected chi connectivity index (χ2v) is 5.88. The number of alkyl halides is 7. The summed E-state index contributed by atoms with van der Waals surface area (Å²) in [6, 6.07) is -1.02. The molecule has 0 unspecified atom stereocenters. The van der Waals surface area contributed by atoms with Crippen LogP contribution in [0.15, 0.2) is 0 Å². The van der Waals surface area contributed by atoms with Gasteiger partial charge in [0.2, 0.25) is 0 Å². The summed E-state index contributed by atoms with van der Waals surface area (Å²) in [7, 11) is 0. The van der Waals surface area contributed by atoms with Gasteiger partial charge in [0, 0.05) is 12.0 Å². The Hall–Kier alpha value is -1.32. The lowest BCUT2D eigenvalue weighted by Crippen LogP contribution is -2.30. The number of aliphatic hydroxyl groups is 1. The molecule has 1 saturated carbocycles. The van der Waals surface area contributed by atoms with Crippen molar-refractivity contribution in [1.29, 1.82) is 0 Å². The first-order valence-corrected chi connectivity index (χ1v) is 7.06. The highest BCUT2D eigenvalue weighted by Gasteiger charge is 2.52. The third-order valence-electron chi connectivity index (χ3n) is 4.40. The smallest absolute Gasteiger partial charge is 0.385 e. The van der Waals surface area contributed by atoms with E-state index in [1.807, 2.05) is 0 Å². The van der Waals surface area contributed by atoms with E-state index < -0.39 is 66.4 Å². The van der Waals surface area contributed by atoms with Gasteiger partial charge in [0.25, 0.3) is 0 Å². The maximum Gasteiger partial charge on any atom is 0.435 e. The molecule has 0 saturated heterocycles. The zero-order valence-electron chi connectivity index (χ0n) is 11.6. The normalized spacial score (nSPS) is 37.9. The van der Waals surface area contributed by atoms with Crippen LogP contribution in [0.2, 0.25) is 0 Å². The summed E-state index contributed by atoms with van der Waals surface area (Å²) in [5.74, 6) is 0. The predicted molar refractivity (Wildman–Crippen MR) is 63.6 cm³/mol. The molecule has 0 radical (unpaired) electrons. The Balaban J connectivity index is 2.07. The minimum absolute atomic E-state index is 0.0488. The van der Waals surface area contributed by atoms with E-state index in [2.05, 4.69) is 5.10 Å². The van der Waals surface area contributed by atoms with E-state index in [-0.39, 0.29) is 12.8 Å². The summed E-state index contributed by atoms with van der Waals surface area (Å²) in [6.07, 6.45) is -16.8. The number of aromatic nitrogens is 2. The van der Waals surface area contributed by atoms with Gasteiger partial charge in [-0.3, -0.25) is 4.68 Å². The van der Waals surface area contributed by atoms with Crippen LogP contribution in [0, 0.1) is 0 Å². The standard InChI is InChI=1S/C13H13F7N2O/c14-5-2-1-4(3-6(5)15)22-10-7(11(23)9(17)8(10)16)12(21-22)13(18,19)20/h4-6,8-9,11,23H,1-3H2/t4-,5-,6+,8-,9+,11-/m0/s1. The molecular formula is C13H13F7N2O. The van der Waals surface area contributed by atoms with Crippen molar-refractivity contribution in [3.8, 4) is 0 Å². The van der Waals surface area contributed by atoms with Crippen LogP contribution < -0.4 is 0 Å². The molecule has 0 spiro atoms. The van der Waals surface area contributed by atoms with Crippen molar-refractivity contribution < 1.29 is 35.8 Å². The van der Waals surface area contributed by atoms with Gasteiger partial charge in [0.1, 0.15) is 18.4 Å². The lowest BCUT2D eigenvalue weighted by molar-refractivity contribution is -0.143. The Morgan fingerprint density at radius 2 is 1.70 bits per heavy atom. The molecule has 2 aliphatic carbocycles. The van der Waals surface area contributed by atoms with E-state index in [0.717, 1.165) is 0 Å². The lowest BCUT2D eigenvalue weighted by Gasteiger charge is -2.29. The number of hydrogen-bond acceptors (Lipinski definition) is 2. The summed E-state index contributed by atoms with van der Waals surface area (Å²) >= 11 is 0. The topological polar surface area (TPSA) is 38.1 Å². The van der Waals surface area contributed by atoms with Crippen LogP contribution in [0.1, 0.15) is 54.5 Å². The third kappa shape index (κ3) is 2.50. The Morgan fingerprint density at radius 1 is 1.04 bits per heavy atom. The number of aliphatic hydroxyl groups excluding tert-OH is 1. The lowest BCUT2D eigenvalue weighted by atomic mass is 9.92. The molecule has 130 valence electrons. The maximum atomic E-state index is 14.0. The average Bonchev–Trinajstić information content (AvgIpc) is 2.96. The van der Waals surface area contributed by atoms with Gasteiger partial charge >= 0.3 is 6.18 Å². The zero-order valence-corrected chi connectivity index (χ0v) is 11.6. The van der Waals surface area contributed by atoms with E-state index in [0.29, 0.717) is 4.68 Å². The molecule has 0 aromatic carbocycles. The van der Waals surface area contributed by atoms with Crippen molar-refractivity contribution in [2.45, 2.75) is 62.3 Å². The van der Waals surface area contributed by atoms with Crippen molar-refractivity contribution in [3.63, 3.8) is 0 Å². The first-order chi connectivity index (χ1) is 10.6. The van der Waals surface area contributed by atoms with Gasteiger partial charge in [0.05, 0.1) is 11.7 Å². The van der Waals surface area contributed by atoms with Crippen LogP contribution in [0.25, 0.3) is 0 Å². The Labute approximate surface area is 126 Å². The highest BCUT2D eigenvalue weighted by Crippen LogP contribution is 2.50. The quantitative estimate of drug-likeness (QED) is 0.788. The first kappa shape index (κ1) is 16.5. The average molecular weight is 346 g/mol. The van der Waals surface area contributed by atoms with Crippen LogP contribution in [0.4, 0.5) is 30.7 Å². The summed E-state index contributed by atoms with van der Waals surface area (Å²) in [4.78, 5) is 0. The maximum absolute atomic E-state index is 14.0.